The number of ether oxygens (including phenoxy) is 3. The number of benzene rings is 2. The van der Waals surface area contributed by atoms with Crippen LogP contribution in [-0.4, -0.2) is 31.1 Å². The van der Waals surface area contributed by atoms with E-state index in [-0.39, 0.29) is 11.6 Å². The van der Waals surface area contributed by atoms with E-state index in [2.05, 4.69) is 4.99 Å². The van der Waals surface area contributed by atoms with Gasteiger partial charge in [-0.25, -0.2) is 9.79 Å². The molecule has 0 radical (unpaired) electrons. The van der Waals surface area contributed by atoms with E-state index < -0.39 is 18.5 Å². The van der Waals surface area contributed by atoms with Gasteiger partial charge in [-0.15, -0.1) is 0 Å². The SMILES string of the molecule is CCOc1ccc(C2=N/C(=C\c3ccc(OCC(=O)[O-])cc3)C(=O)O2)cc1. The Morgan fingerprint density at radius 1 is 1.07 bits per heavy atom. The van der Waals surface area contributed by atoms with Crippen LogP contribution in [-0.2, 0) is 14.3 Å². The normalized spacial score (nSPS) is 14.6. The zero-order valence-corrected chi connectivity index (χ0v) is 14.5. The highest BCUT2D eigenvalue weighted by atomic mass is 16.6. The lowest BCUT2D eigenvalue weighted by atomic mass is 10.2. The van der Waals surface area contributed by atoms with Crippen molar-refractivity contribution in [2.24, 2.45) is 4.99 Å². The summed E-state index contributed by atoms with van der Waals surface area (Å²) in [6.45, 7) is 1.94. The van der Waals surface area contributed by atoms with Gasteiger partial charge in [-0.2, -0.15) is 0 Å². The Bertz CT molecular complexity index is 897. The van der Waals surface area contributed by atoms with E-state index in [9.17, 15) is 14.7 Å². The van der Waals surface area contributed by atoms with E-state index >= 15 is 0 Å². The minimum Gasteiger partial charge on any atom is -0.546 e. The van der Waals surface area contributed by atoms with Gasteiger partial charge < -0.3 is 24.1 Å². The maximum Gasteiger partial charge on any atom is 0.363 e. The van der Waals surface area contributed by atoms with Crippen molar-refractivity contribution in [3.63, 3.8) is 0 Å². The molecule has 7 nitrogen and oxygen atoms in total. The summed E-state index contributed by atoms with van der Waals surface area (Å²) in [5.74, 6) is -0.512. The molecule has 2 aromatic rings. The second-order valence-electron chi connectivity index (χ2n) is 5.52. The highest BCUT2D eigenvalue weighted by Gasteiger charge is 2.24. The summed E-state index contributed by atoms with van der Waals surface area (Å²) < 4.78 is 15.6. The summed E-state index contributed by atoms with van der Waals surface area (Å²) in [5, 5.41) is 10.4. The number of nitrogens with zero attached hydrogens (tertiary/aromatic N) is 1. The number of hydrogen-bond acceptors (Lipinski definition) is 7. The number of esters is 1. The quantitative estimate of drug-likeness (QED) is 0.545. The lowest BCUT2D eigenvalue weighted by Crippen LogP contribution is -2.28. The molecule has 1 aliphatic rings. The first-order chi connectivity index (χ1) is 13.0. The molecular weight excluding hydrogens is 350 g/mol. The maximum absolute atomic E-state index is 12.0. The van der Waals surface area contributed by atoms with E-state index in [4.69, 9.17) is 14.2 Å². The second kappa shape index (κ2) is 8.18. The standard InChI is InChI=1S/C20H17NO6/c1-2-25-15-9-5-14(6-10-15)19-21-17(20(24)27-19)11-13-3-7-16(8-4-13)26-12-18(22)23/h3-11H,2,12H2,1H3,(H,22,23)/p-1/b17-11-. The first kappa shape index (κ1) is 18.2. The molecule has 138 valence electrons. The van der Waals surface area contributed by atoms with E-state index in [0.29, 0.717) is 23.5 Å². The minimum absolute atomic E-state index is 0.169. The van der Waals surface area contributed by atoms with Crippen molar-refractivity contribution in [3.8, 4) is 11.5 Å². The van der Waals surface area contributed by atoms with Crippen molar-refractivity contribution >= 4 is 23.9 Å². The predicted octanol–water partition coefficient (Wildman–Crippen LogP) is 1.56. The van der Waals surface area contributed by atoms with Gasteiger partial charge in [0.25, 0.3) is 0 Å². The fourth-order valence-electron chi connectivity index (χ4n) is 2.35. The molecule has 0 aliphatic carbocycles. The summed E-state index contributed by atoms with van der Waals surface area (Å²) in [6, 6.07) is 13.6. The summed E-state index contributed by atoms with van der Waals surface area (Å²) in [4.78, 5) is 26.7. The third-order valence-electron chi connectivity index (χ3n) is 3.57. The van der Waals surface area contributed by atoms with Gasteiger partial charge in [0.1, 0.15) is 18.1 Å². The van der Waals surface area contributed by atoms with Crippen molar-refractivity contribution in [1.82, 2.24) is 0 Å². The number of aliphatic imine (C=N–C) groups is 1. The predicted molar refractivity (Wildman–Crippen MR) is 95.2 cm³/mol. The molecule has 0 saturated carbocycles. The molecule has 2 aromatic carbocycles. The van der Waals surface area contributed by atoms with E-state index in [0.717, 1.165) is 5.75 Å². The van der Waals surface area contributed by atoms with Crippen molar-refractivity contribution in [1.29, 1.82) is 0 Å². The average Bonchev–Trinajstić information content (AvgIpc) is 3.02. The van der Waals surface area contributed by atoms with Gasteiger partial charge in [0.15, 0.2) is 5.70 Å². The van der Waals surface area contributed by atoms with Crippen LogP contribution in [0, 0.1) is 0 Å². The molecule has 27 heavy (non-hydrogen) atoms. The third-order valence-corrected chi connectivity index (χ3v) is 3.57. The summed E-state index contributed by atoms with van der Waals surface area (Å²) in [7, 11) is 0. The monoisotopic (exact) mass is 366 g/mol. The van der Waals surface area contributed by atoms with Crippen LogP contribution >= 0.6 is 0 Å². The van der Waals surface area contributed by atoms with E-state index in [1.807, 2.05) is 6.92 Å². The number of aliphatic carboxylic acids is 1. The Hall–Kier alpha value is -3.61. The van der Waals surface area contributed by atoms with Gasteiger partial charge >= 0.3 is 5.97 Å². The van der Waals surface area contributed by atoms with Gasteiger partial charge in [0.2, 0.25) is 5.90 Å². The van der Waals surface area contributed by atoms with E-state index in [1.165, 1.54) is 0 Å². The Morgan fingerprint density at radius 2 is 1.70 bits per heavy atom. The van der Waals surface area contributed by atoms with Gasteiger partial charge in [-0.05, 0) is 55.0 Å². The lowest BCUT2D eigenvalue weighted by molar-refractivity contribution is -0.307. The van der Waals surface area contributed by atoms with Crippen LogP contribution in [0.15, 0.2) is 59.2 Å². The van der Waals surface area contributed by atoms with Crippen LogP contribution in [0.2, 0.25) is 0 Å². The topological polar surface area (TPSA) is 97.3 Å². The first-order valence-electron chi connectivity index (χ1n) is 8.23. The molecular formula is C20H16NO6-. The highest BCUT2D eigenvalue weighted by Crippen LogP contribution is 2.22. The third kappa shape index (κ3) is 4.72. The molecule has 0 spiro atoms. The van der Waals surface area contributed by atoms with E-state index in [1.54, 1.807) is 54.6 Å². The number of carbonyl (C=O) groups excluding carboxylic acids is 2. The number of cyclic esters (lactones) is 1. The Labute approximate surface area is 155 Å². The molecule has 0 N–H and O–H groups in total. The average molecular weight is 366 g/mol. The summed E-state index contributed by atoms with van der Waals surface area (Å²) in [5.41, 5.74) is 1.53. The fourth-order valence-corrected chi connectivity index (χ4v) is 2.35. The molecule has 0 aromatic heterocycles. The molecule has 1 aliphatic heterocycles. The molecule has 7 heteroatoms. The van der Waals surface area contributed by atoms with Gasteiger partial charge in [0.05, 0.1) is 12.6 Å². The molecule has 0 atom stereocenters. The molecule has 1 heterocycles. The van der Waals surface area contributed by atoms with Crippen molar-refractivity contribution in [2.75, 3.05) is 13.2 Å². The van der Waals surface area contributed by atoms with Crippen LogP contribution in [0.25, 0.3) is 6.08 Å². The maximum atomic E-state index is 12.0. The Morgan fingerprint density at radius 3 is 2.33 bits per heavy atom. The largest absolute Gasteiger partial charge is 0.546 e. The van der Waals surface area contributed by atoms with Gasteiger partial charge in [0, 0.05) is 5.56 Å². The highest BCUT2D eigenvalue weighted by molar-refractivity contribution is 6.12. The summed E-state index contributed by atoms with van der Waals surface area (Å²) >= 11 is 0. The zero-order valence-electron chi connectivity index (χ0n) is 14.5. The van der Waals surface area contributed by atoms with Crippen molar-refractivity contribution in [3.05, 3.63) is 65.4 Å². The number of hydrogen-bond donors (Lipinski definition) is 0. The Kier molecular flexibility index (Phi) is 5.51. The molecule has 0 fully saturated rings. The number of rotatable bonds is 7. The number of carbonyl (C=O) groups is 2. The first-order valence-corrected chi connectivity index (χ1v) is 8.23. The molecule has 0 unspecified atom stereocenters. The lowest BCUT2D eigenvalue weighted by Gasteiger charge is -2.06. The molecule has 3 rings (SSSR count). The van der Waals surface area contributed by atoms with Crippen LogP contribution < -0.4 is 14.6 Å². The minimum atomic E-state index is -1.30. The molecule has 0 amide bonds. The zero-order chi connectivity index (χ0) is 19.2. The molecule has 0 bridgehead atoms. The Balaban J connectivity index is 1.74. The summed E-state index contributed by atoms with van der Waals surface area (Å²) in [6.07, 6.45) is 1.58. The van der Waals surface area contributed by atoms with Crippen LogP contribution in [0.4, 0.5) is 0 Å². The van der Waals surface area contributed by atoms with Crippen LogP contribution in [0.1, 0.15) is 18.1 Å². The van der Waals surface area contributed by atoms with Gasteiger partial charge in [-0.1, -0.05) is 12.1 Å². The second-order valence-corrected chi connectivity index (χ2v) is 5.52. The number of carboxylic acid groups (broad SMARTS) is 1. The number of carboxylic acids is 1. The van der Waals surface area contributed by atoms with Crippen molar-refractivity contribution < 1.29 is 28.9 Å². The van der Waals surface area contributed by atoms with Crippen LogP contribution in [0.5, 0.6) is 11.5 Å². The van der Waals surface area contributed by atoms with Crippen LogP contribution in [0.3, 0.4) is 0 Å². The van der Waals surface area contributed by atoms with Gasteiger partial charge in [-0.3, -0.25) is 0 Å². The fraction of sp³-hybridized carbons (Fsp3) is 0.150. The smallest absolute Gasteiger partial charge is 0.363 e. The molecule has 0 saturated heterocycles. The van der Waals surface area contributed by atoms with Crippen molar-refractivity contribution in [2.45, 2.75) is 6.92 Å².